The molecule has 0 fully saturated rings. The lowest BCUT2D eigenvalue weighted by molar-refractivity contribution is -0.137. The first-order chi connectivity index (χ1) is 6.86. The largest absolute Gasteiger partial charge is 0.465 e. The van der Waals surface area contributed by atoms with Gasteiger partial charge >= 0.3 is 12.1 Å². The van der Waals surface area contributed by atoms with Crippen molar-refractivity contribution in [3.05, 3.63) is 33.8 Å². The predicted molar refractivity (Wildman–Crippen MR) is 50.5 cm³/mol. The third-order valence-corrected chi connectivity index (χ3v) is 2.36. The molecule has 0 N–H and O–H groups in total. The summed E-state index contributed by atoms with van der Waals surface area (Å²) in [6.07, 6.45) is -4.42. The Morgan fingerprint density at radius 1 is 1.40 bits per heavy atom. The quantitative estimate of drug-likeness (QED) is 0.739. The molecule has 1 aromatic rings. The first-order valence-electron chi connectivity index (χ1n) is 3.81. The maximum Gasteiger partial charge on any atom is 0.416 e. The average Bonchev–Trinajstić information content (AvgIpc) is 2.15. The number of alkyl halides is 3. The number of benzene rings is 1. The fraction of sp³-hybridized carbons (Fsp3) is 0.222. The zero-order chi connectivity index (χ0) is 11.6. The van der Waals surface area contributed by atoms with Crippen LogP contribution in [0.3, 0.4) is 0 Å². The molecule has 0 aliphatic heterocycles. The van der Waals surface area contributed by atoms with E-state index in [4.69, 9.17) is 0 Å². The van der Waals surface area contributed by atoms with Crippen molar-refractivity contribution in [1.82, 2.24) is 0 Å². The second kappa shape index (κ2) is 4.22. The van der Waals surface area contributed by atoms with Gasteiger partial charge in [-0.25, -0.2) is 4.79 Å². The predicted octanol–water partition coefficient (Wildman–Crippen LogP) is 3.25. The van der Waals surface area contributed by atoms with Gasteiger partial charge in [0.15, 0.2) is 0 Å². The van der Waals surface area contributed by atoms with Crippen LogP contribution in [-0.2, 0) is 10.9 Å². The van der Waals surface area contributed by atoms with Gasteiger partial charge in [-0.15, -0.1) is 0 Å². The van der Waals surface area contributed by atoms with Gasteiger partial charge in [0.05, 0.1) is 18.2 Å². The second-order valence-corrected chi connectivity index (χ2v) is 3.54. The summed E-state index contributed by atoms with van der Waals surface area (Å²) >= 11 is 2.88. The summed E-state index contributed by atoms with van der Waals surface area (Å²) in [7, 11) is 1.16. The molecular formula is C9H6BrF3O2. The SMILES string of the molecule is COC(=O)c1ccc(C(F)(F)F)cc1Br. The van der Waals surface area contributed by atoms with Crippen LogP contribution >= 0.6 is 15.9 Å². The van der Waals surface area contributed by atoms with Gasteiger partial charge in [0, 0.05) is 4.47 Å². The zero-order valence-electron chi connectivity index (χ0n) is 7.56. The van der Waals surface area contributed by atoms with Crippen LogP contribution in [0.15, 0.2) is 22.7 Å². The van der Waals surface area contributed by atoms with Crippen molar-refractivity contribution >= 4 is 21.9 Å². The van der Waals surface area contributed by atoms with Crippen molar-refractivity contribution < 1.29 is 22.7 Å². The minimum Gasteiger partial charge on any atom is -0.465 e. The summed E-state index contributed by atoms with van der Waals surface area (Å²) in [4.78, 5) is 11.1. The smallest absolute Gasteiger partial charge is 0.416 e. The molecule has 0 aromatic heterocycles. The Balaban J connectivity index is 3.15. The summed E-state index contributed by atoms with van der Waals surface area (Å²) in [6.45, 7) is 0. The Morgan fingerprint density at radius 2 is 2.00 bits per heavy atom. The van der Waals surface area contributed by atoms with E-state index < -0.39 is 17.7 Å². The number of rotatable bonds is 1. The summed E-state index contributed by atoms with van der Waals surface area (Å²) in [5.41, 5.74) is -0.757. The number of methoxy groups -OCH3 is 1. The molecule has 2 nitrogen and oxygen atoms in total. The third kappa shape index (κ3) is 2.71. The van der Waals surface area contributed by atoms with E-state index in [1.54, 1.807) is 0 Å². The van der Waals surface area contributed by atoms with Crippen molar-refractivity contribution in [2.24, 2.45) is 0 Å². The van der Waals surface area contributed by atoms with Crippen molar-refractivity contribution in [3.8, 4) is 0 Å². The van der Waals surface area contributed by atoms with Crippen molar-refractivity contribution in [2.45, 2.75) is 6.18 Å². The molecule has 15 heavy (non-hydrogen) atoms. The molecule has 0 amide bonds. The Morgan fingerprint density at radius 3 is 2.40 bits per heavy atom. The molecule has 0 atom stereocenters. The molecule has 0 spiro atoms. The molecule has 0 saturated heterocycles. The lowest BCUT2D eigenvalue weighted by atomic mass is 10.1. The topological polar surface area (TPSA) is 26.3 Å². The number of esters is 1. The fourth-order valence-electron chi connectivity index (χ4n) is 0.967. The van der Waals surface area contributed by atoms with Crippen LogP contribution in [0.1, 0.15) is 15.9 Å². The van der Waals surface area contributed by atoms with Gasteiger partial charge in [0.1, 0.15) is 0 Å². The van der Waals surface area contributed by atoms with Gasteiger partial charge < -0.3 is 4.74 Å². The third-order valence-electron chi connectivity index (χ3n) is 1.70. The molecule has 0 aliphatic rings. The molecule has 1 aromatic carbocycles. The normalized spacial score (nSPS) is 11.3. The molecule has 0 bridgehead atoms. The van der Waals surface area contributed by atoms with E-state index >= 15 is 0 Å². The van der Waals surface area contributed by atoms with Gasteiger partial charge in [0.25, 0.3) is 0 Å². The van der Waals surface area contributed by atoms with Crippen LogP contribution in [-0.4, -0.2) is 13.1 Å². The van der Waals surface area contributed by atoms with Crippen molar-refractivity contribution in [1.29, 1.82) is 0 Å². The Kier molecular flexibility index (Phi) is 3.38. The highest BCUT2D eigenvalue weighted by atomic mass is 79.9. The molecule has 0 radical (unpaired) electrons. The number of carbonyl (C=O) groups is 1. The van der Waals surface area contributed by atoms with Gasteiger partial charge in [0.2, 0.25) is 0 Å². The summed E-state index contributed by atoms with van der Waals surface area (Å²) in [6, 6.07) is 2.74. The minimum absolute atomic E-state index is 0.0594. The number of carbonyl (C=O) groups excluding carboxylic acids is 1. The number of halogens is 4. The fourth-order valence-corrected chi connectivity index (χ4v) is 1.51. The monoisotopic (exact) mass is 282 g/mol. The van der Waals surface area contributed by atoms with Crippen LogP contribution in [0.5, 0.6) is 0 Å². The standard InChI is InChI=1S/C9H6BrF3O2/c1-15-8(14)6-3-2-5(4-7(6)10)9(11,12)13/h2-4H,1H3. The highest BCUT2D eigenvalue weighted by Crippen LogP contribution is 2.32. The summed E-state index contributed by atoms with van der Waals surface area (Å²) < 4.78 is 41.2. The Hall–Kier alpha value is -1.04. The number of hydrogen-bond acceptors (Lipinski definition) is 2. The molecule has 0 saturated carbocycles. The molecule has 0 heterocycles. The Labute approximate surface area is 92.2 Å². The summed E-state index contributed by atoms with van der Waals surface area (Å²) in [5, 5.41) is 0. The minimum atomic E-state index is -4.42. The van der Waals surface area contributed by atoms with Gasteiger partial charge in [-0.3, -0.25) is 0 Å². The van der Waals surface area contributed by atoms with Gasteiger partial charge in [-0.2, -0.15) is 13.2 Å². The van der Waals surface area contributed by atoms with E-state index in [0.29, 0.717) is 0 Å². The highest BCUT2D eigenvalue weighted by Gasteiger charge is 2.31. The number of hydrogen-bond donors (Lipinski definition) is 0. The molecule has 1 rings (SSSR count). The van der Waals surface area contributed by atoms with Crippen LogP contribution in [0, 0.1) is 0 Å². The molecular weight excluding hydrogens is 277 g/mol. The van der Waals surface area contributed by atoms with Gasteiger partial charge in [-0.1, -0.05) is 0 Å². The van der Waals surface area contributed by atoms with E-state index in [9.17, 15) is 18.0 Å². The lowest BCUT2D eigenvalue weighted by Crippen LogP contribution is -2.07. The molecule has 0 aliphatic carbocycles. The van der Waals surface area contributed by atoms with E-state index in [1.807, 2.05) is 0 Å². The molecule has 82 valence electrons. The average molecular weight is 283 g/mol. The number of ether oxygens (including phenoxy) is 1. The van der Waals surface area contributed by atoms with Crippen LogP contribution in [0.25, 0.3) is 0 Å². The zero-order valence-corrected chi connectivity index (χ0v) is 9.15. The van der Waals surface area contributed by atoms with E-state index in [2.05, 4.69) is 20.7 Å². The van der Waals surface area contributed by atoms with Crippen LogP contribution in [0.2, 0.25) is 0 Å². The molecule has 6 heteroatoms. The van der Waals surface area contributed by atoms with E-state index in [1.165, 1.54) is 0 Å². The first-order valence-corrected chi connectivity index (χ1v) is 4.60. The van der Waals surface area contributed by atoms with E-state index in [0.717, 1.165) is 25.3 Å². The van der Waals surface area contributed by atoms with Gasteiger partial charge in [-0.05, 0) is 34.1 Å². The lowest BCUT2D eigenvalue weighted by Gasteiger charge is -2.08. The Bertz CT molecular complexity index is 387. The van der Waals surface area contributed by atoms with E-state index in [-0.39, 0.29) is 10.0 Å². The molecule has 0 unspecified atom stereocenters. The maximum atomic E-state index is 12.2. The maximum absolute atomic E-state index is 12.2. The van der Waals surface area contributed by atoms with Crippen molar-refractivity contribution in [2.75, 3.05) is 7.11 Å². The summed E-state index contributed by atoms with van der Waals surface area (Å²) in [5.74, 6) is -0.685. The van der Waals surface area contributed by atoms with Crippen LogP contribution < -0.4 is 0 Å². The highest BCUT2D eigenvalue weighted by molar-refractivity contribution is 9.10. The first kappa shape index (κ1) is 12.0. The van der Waals surface area contributed by atoms with Crippen molar-refractivity contribution in [3.63, 3.8) is 0 Å². The van der Waals surface area contributed by atoms with Crippen LogP contribution in [0.4, 0.5) is 13.2 Å². The second-order valence-electron chi connectivity index (χ2n) is 2.68.